The molecule has 1 aromatic carbocycles. The second-order valence-electron chi connectivity index (χ2n) is 3.42. The normalized spacial score (nSPS) is 9.44. The van der Waals surface area contributed by atoms with Crippen LogP contribution in [-0.2, 0) is 16.1 Å². The van der Waals surface area contributed by atoms with E-state index in [0.717, 1.165) is 5.56 Å². The standard InChI is InChI=1S/C12H16N2O4/c1-17-10-6-4-3-5-9(10)7-13-12(16)14-8-11(15)18-2/h3-6H,7-8H2,1-2H3,(H2,13,14,16). The van der Waals surface area contributed by atoms with Crippen LogP contribution in [0.2, 0.25) is 0 Å². The van der Waals surface area contributed by atoms with Crippen molar-refractivity contribution < 1.29 is 19.1 Å². The molecule has 0 unspecified atom stereocenters. The summed E-state index contributed by atoms with van der Waals surface area (Å²) in [4.78, 5) is 22.2. The van der Waals surface area contributed by atoms with Crippen molar-refractivity contribution in [1.29, 1.82) is 0 Å². The number of carbonyl (C=O) groups excluding carboxylic acids is 2. The largest absolute Gasteiger partial charge is 0.496 e. The van der Waals surface area contributed by atoms with Gasteiger partial charge in [-0.3, -0.25) is 4.79 Å². The van der Waals surface area contributed by atoms with E-state index in [-0.39, 0.29) is 6.54 Å². The molecule has 0 aliphatic heterocycles. The molecule has 0 saturated carbocycles. The topological polar surface area (TPSA) is 76.7 Å². The molecular weight excluding hydrogens is 236 g/mol. The SMILES string of the molecule is COC(=O)CNC(=O)NCc1ccccc1OC. The van der Waals surface area contributed by atoms with Gasteiger partial charge < -0.3 is 20.1 Å². The first-order valence-corrected chi connectivity index (χ1v) is 5.37. The second kappa shape index (κ2) is 7.16. The fourth-order valence-electron chi connectivity index (χ4n) is 1.31. The minimum absolute atomic E-state index is 0.158. The highest BCUT2D eigenvalue weighted by atomic mass is 16.5. The Morgan fingerprint density at radius 1 is 1.17 bits per heavy atom. The third kappa shape index (κ3) is 4.32. The summed E-state index contributed by atoms with van der Waals surface area (Å²) in [5.74, 6) is 0.202. The van der Waals surface area contributed by atoms with Gasteiger partial charge in [0.05, 0.1) is 14.2 Å². The average Bonchev–Trinajstić information content (AvgIpc) is 2.42. The summed E-state index contributed by atoms with van der Waals surface area (Å²) in [5.41, 5.74) is 0.855. The molecule has 0 heterocycles. The lowest BCUT2D eigenvalue weighted by Crippen LogP contribution is -2.38. The van der Waals surface area contributed by atoms with Crippen LogP contribution >= 0.6 is 0 Å². The molecule has 18 heavy (non-hydrogen) atoms. The molecule has 6 heteroatoms. The number of amides is 2. The van der Waals surface area contributed by atoms with Gasteiger partial charge in [0.1, 0.15) is 12.3 Å². The third-order valence-electron chi connectivity index (χ3n) is 2.25. The minimum Gasteiger partial charge on any atom is -0.496 e. The van der Waals surface area contributed by atoms with Crippen LogP contribution in [0.4, 0.5) is 4.79 Å². The van der Waals surface area contributed by atoms with Gasteiger partial charge >= 0.3 is 12.0 Å². The van der Waals surface area contributed by atoms with Crippen molar-refractivity contribution in [3.63, 3.8) is 0 Å². The summed E-state index contributed by atoms with van der Waals surface area (Å²) in [6.07, 6.45) is 0. The molecular formula is C12H16N2O4. The van der Waals surface area contributed by atoms with Gasteiger partial charge in [0.2, 0.25) is 0 Å². The van der Waals surface area contributed by atoms with Gasteiger partial charge in [-0.1, -0.05) is 18.2 Å². The van der Waals surface area contributed by atoms with Crippen molar-refractivity contribution in [2.45, 2.75) is 6.54 Å². The fourth-order valence-corrected chi connectivity index (χ4v) is 1.31. The monoisotopic (exact) mass is 252 g/mol. The van der Waals surface area contributed by atoms with Crippen molar-refractivity contribution in [2.24, 2.45) is 0 Å². The highest BCUT2D eigenvalue weighted by Crippen LogP contribution is 2.16. The Kier molecular flexibility index (Phi) is 5.50. The fraction of sp³-hybridized carbons (Fsp3) is 0.333. The Labute approximate surface area is 105 Å². The first kappa shape index (κ1) is 13.8. The quantitative estimate of drug-likeness (QED) is 0.755. The summed E-state index contributed by atoms with van der Waals surface area (Å²) in [7, 11) is 2.83. The Balaban J connectivity index is 2.40. The van der Waals surface area contributed by atoms with E-state index >= 15 is 0 Å². The van der Waals surface area contributed by atoms with E-state index in [1.165, 1.54) is 7.11 Å². The number of carbonyl (C=O) groups is 2. The van der Waals surface area contributed by atoms with Crippen molar-refractivity contribution in [3.8, 4) is 5.75 Å². The third-order valence-corrected chi connectivity index (χ3v) is 2.25. The van der Waals surface area contributed by atoms with Crippen LogP contribution in [0.1, 0.15) is 5.56 Å². The number of esters is 1. The van der Waals surface area contributed by atoms with E-state index in [4.69, 9.17) is 4.74 Å². The van der Waals surface area contributed by atoms with Crippen LogP contribution in [0.5, 0.6) is 5.75 Å². The molecule has 2 amide bonds. The smallest absolute Gasteiger partial charge is 0.325 e. The Morgan fingerprint density at radius 2 is 1.89 bits per heavy atom. The Hall–Kier alpha value is -2.24. The van der Waals surface area contributed by atoms with Crippen LogP contribution in [-0.4, -0.2) is 32.8 Å². The van der Waals surface area contributed by atoms with Gasteiger partial charge in [0, 0.05) is 12.1 Å². The molecule has 0 atom stereocenters. The summed E-state index contributed by atoms with van der Waals surface area (Å²) in [6.45, 7) is 0.158. The van der Waals surface area contributed by atoms with E-state index in [2.05, 4.69) is 15.4 Å². The first-order chi connectivity index (χ1) is 8.67. The van der Waals surface area contributed by atoms with Crippen LogP contribution in [0.3, 0.4) is 0 Å². The number of methoxy groups -OCH3 is 2. The zero-order valence-electron chi connectivity index (χ0n) is 10.4. The maximum atomic E-state index is 11.4. The van der Waals surface area contributed by atoms with E-state index in [1.807, 2.05) is 24.3 Å². The predicted octanol–water partition coefficient (Wildman–Crippen LogP) is 0.667. The maximum Gasteiger partial charge on any atom is 0.325 e. The minimum atomic E-state index is -0.498. The zero-order valence-corrected chi connectivity index (χ0v) is 10.4. The number of nitrogens with one attached hydrogen (secondary N) is 2. The lowest BCUT2D eigenvalue weighted by atomic mass is 10.2. The molecule has 0 radical (unpaired) electrons. The van der Waals surface area contributed by atoms with E-state index in [1.54, 1.807) is 7.11 Å². The van der Waals surface area contributed by atoms with Gasteiger partial charge in [-0.05, 0) is 6.07 Å². The maximum absolute atomic E-state index is 11.4. The van der Waals surface area contributed by atoms with Crippen LogP contribution in [0.25, 0.3) is 0 Å². The number of para-hydroxylation sites is 1. The molecule has 0 fully saturated rings. The number of hydrogen-bond donors (Lipinski definition) is 2. The predicted molar refractivity (Wildman–Crippen MR) is 65.2 cm³/mol. The zero-order chi connectivity index (χ0) is 13.4. The molecule has 98 valence electrons. The molecule has 1 aromatic rings. The summed E-state index contributed by atoms with van der Waals surface area (Å²) in [5, 5.41) is 4.99. The number of hydrogen-bond acceptors (Lipinski definition) is 4. The molecule has 1 rings (SSSR count). The molecule has 0 aliphatic rings. The molecule has 0 saturated heterocycles. The molecule has 0 aromatic heterocycles. The van der Waals surface area contributed by atoms with Gasteiger partial charge in [0.25, 0.3) is 0 Å². The van der Waals surface area contributed by atoms with Gasteiger partial charge in [-0.2, -0.15) is 0 Å². The van der Waals surface area contributed by atoms with Crippen molar-refractivity contribution >= 4 is 12.0 Å². The van der Waals surface area contributed by atoms with E-state index < -0.39 is 12.0 Å². The van der Waals surface area contributed by atoms with Crippen LogP contribution in [0.15, 0.2) is 24.3 Å². The van der Waals surface area contributed by atoms with E-state index in [0.29, 0.717) is 12.3 Å². The highest BCUT2D eigenvalue weighted by Gasteiger charge is 2.06. The second-order valence-corrected chi connectivity index (χ2v) is 3.42. The van der Waals surface area contributed by atoms with Crippen molar-refractivity contribution in [3.05, 3.63) is 29.8 Å². The highest BCUT2D eigenvalue weighted by molar-refractivity contribution is 5.80. The lowest BCUT2D eigenvalue weighted by Gasteiger charge is -2.10. The molecule has 0 bridgehead atoms. The van der Waals surface area contributed by atoms with Gasteiger partial charge in [-0.15, -0.1) is 0 Å². The Bertz CT molecular complexity index is 420. The van der Waals surface area contributed by atoms with Gasteiger partial charge in [0.15, 0.2) is 0 Å². The average molecular weight is 252 g/mol. The number of urea groups is 1. The lowest BCUT2D eigenvalue weighted by molar-refractivity contribution is -0.139. The summed E-state index contributed by atoms with van der Waals surface area (Å²) in [6, 6.07) is 6.92. The van der Waals surface area contributed by atoms with E-state index in [9.17, 15) is 9.59 Å². The number of ether oxygens (including phenoxy) is 2. The number of rotatable bonds is 5. The van der Waals surface area contributed by atoms with Crippen molar-refractivity contribution in [2.75, 3.05) is 20.8 Å². The molecule has 0 spiro atoms. The summed E-state index contributed by atoms with van der Waals surface area (Å²) >= 11 is 0. The summed E-state index contributed by atoms with van der Waals surface area (Å²) < 4.78 is 9.55. The molecule has 2 N–H and O–H groups in total. The van der Waals surface area contributed by atoms with Crippen LogP contribution in [0, 0.1) is 0 Å². The number of benzene rings is 1. The van der Waals surface area contributed by atoms with Crippen LogP contribution < -0.4 is 15.4 Å². The Morgan fingerprint density at radius 3 is 2.56 bits per heavy atom. The van der Waals surface area contributed by atoms with Crippen molar-refractivity contribution in [1.82, 2.24) is 10.6 Å². The molecule has 6 nitrogen and oxygen atoms in total. The molecule has 0 aliphatic carbocycles. The van der Waals surface area contributed by atoms with Gasteiger partial charge in [-0.25, -0.2) is 4.79 Å². The first-order valence-electron chi connectivity index (χ1n) is 5.37.